The van der Waals surface area contributed by atoms with Crippen molar-refractivity contribution in [3.05, 3.63) is 41.4 Å². The Labute approximate surface area is 374 Å². The number of aromatic nitrogens is 3. The van der Waals surface area contributed by atoms with Crippen LogP contribution >= 0.6 is 11.3 Å². The van der Waals surface area contributed by atoms with E-state index in [-0.39, 0.29) is 25.4 Å². The molecule has 2 aromatic heterocycles. The first-order valence-corrected chi connectivity index (χ1v) is 25.2. The van der Waals surface area contributed by atoms with Gasteiger partial charge < -0.3 is 25.0 Å². The number of carbonyl (C=O) groups excluding carboxylic acids is 4. The van der Waals surface area contributed by atoms with Gasteiger partial charge in [-0.2, -0.15) is 4.98 Å². The first-order valence-electron chi connectivity index (χ1n) is 22.9. The normalized spacial score (nSPS) is 27.4. The third-order valence-corrected chi connectivity index (χ3v) is 16.5. The van der Waals surface area contributed by atoms with Crippen molar-refractivity contribution in [2.45, 2.75) is 177 Å². The zero-order valence-corrected chi connectivity index (χ0v) is 39.0. The molecule has 0 radical (unpaired) electrons. The minimum Gasteiger partial charge on any atom is -0.459 e. The van der Waals surface area contributed by atoms with Crippen LogP contribution in [0.3, 0.4) is 0 Å². The number of nitrogens with zero attached hydrogens (tertiary/aromatic N) is 4. The average Bonchev–Trinajstić information content (AvgIpc) is 3.89. The number of carbonyl (C=O) groups is 4. The molecule has 1 aromatic carbocycles. The molecule has 4 heterocycles. The van der Waals surface area contributed by atoms with Gasteiger partial charge in [0, 0.05) is 35.2 Å². The van der Waals surface area contributed by atoms with E-state index in [0.717, 1.165) is 53.0 Å². The summed E-state index contributed by atoms with van der Waals surface area (Å²) in [6, 6.07) is 4.17. The van der Waals surface area contributed by atoms with Crippen LogP contribution in [-0.4, -0.2) is 92.3 Å². The van der Waals surface area contributed by atoms with Gasteiger partial charge in [0.15, 0.2) is 0 Å². The van der Waals surface area contributed by atoms with Crippen molar-refractivity contribution in [1.29, 1.82) is 0 Å². The molecule has 8 rings (SSSR count). The summed E-state index contributed by atoms with van der Waals surface area (Å²) in [5, 5.41) is 8.80. The minimum atomic E-state index is -4.00. The molecule has 5 aliphatic rings. The van der Waals surface area contributed by atoms with Crippen molar-refractivity contribution in [1.82, 2.24) is 34.8 Å². The van der Waals surface area contributed by atoms with Crippen molar-refractivity contribution < 1.29 is 37.1 Å². The van der Waals surface area contributed by atoms with Gasteiger partial charge in [0.1, 0.15) is 39.9 Å². The number of alkyl carbamates (subject to hydrolysis) is 1. The van der Waals surface area contributed by atoms with Crippen molar-refractivity contribution in [3.8, 4) is 16.6 Å². The molecule has 3 aliphatic carbocycles. The number of benzene rings is 1. The smallest absolute Gasteiger partial charge is 0.408 e. The Bertz CT molecular complexity index is 2370. The minimum absolute atomic E-state index is 0.00985. The van der Waals surface area contributed by atoms with E-state index < -0.39 is 73.8 Å². The number of amides is 4. The molecule has 2 aliphatic heterocycles. The molecule has 342 valence electrons. The number of thiazole rings is 1. The van der Waals surface area contributed by atoms with Gasteiger partial charge in [0.2, 0.25) is 21.8 Å². The zero-order chi connectivity index (χ0) is 44.9. The number of para-hydroxylation sites is 1. The number of rotatable bonds is 9. The first kappa shape index (κ1) is 45.1. The van der Waals surface area contributed by atoms with E-state index in [2.05, 4.69) is 20.7 Å². The van der Waals surface area contributed by atoms with Crippen LogP contribution in [0.4, 0.5) is 4.79 Å². The highest BCUT2D eigenvalue weighted by Gasteiger charge is 2.63. The largest absolute Gasteiger partial charge is 0.459 e. The average molecular weight is 906 g/mol. The standard InChI is InChI=1S/C46H63N7O8S2/c1-28(2)53-35-21-15-19-32(39-47-34(27-62-39)29-16-11-10-12-17-29)37(35)49-42(53)60-31-24-36-38(54)50-46(41(56)51-63(58,59)45(6)22-23-45)25-30(46)18-13-8-7-9-14-20-33(40(55)52(36)26-31)48-43(57)61-44(3,4)5/h13,15,18-19,21,27-31,33,36H,7-12,14,16-17,20,22-26H2,1-6H3,(H,48,57)(H,50,54)(H,51,56)/b18-13-/t30-,31-,33+,36+,46-/m1/s1. The molecule has 4 fully saturated rings. The molecule has 0 unspecified atom stereocenters. The van der Waals surface area contributed by atoms with Crippen LogP contribution in [-0.2, 0) is 29.1 Å². The monoisotopic (exact) mass is 905 g/mol. The Balaban J connectivity index is 1.11. The number of sulfonamides is 1. The summed E-state index contributed by atoms with van der Waals surface area (Å²) in [4.78, 5) is 68.3. The quantitative estimate of drug-likeness (QED) is 0.182. The van der Waals surface area contributed by atoms with Crippen LogP contribution in [0.15, 0.2) is 35.7 Å². The lowest BCUT2D eigenvalue weighted by Crippen LogP contribution is -2.58. The third-order valence-electron chi connectivity index (χ3n) is 13.4. The molecule has 15 nitrogen and oxygen atoms in total. The number of hydrogen-bond acceptors (Lipinski definition) is 11. The van der Waals surface area contributed by atoms with Gasteiger partial charge in [-0.25, -0.2) is 18.2 Å². The highest BCUT2D eigenvalue weighted by atomic mass is 32.2. The summed E-state index contributed by atoms with van der Waals surface area (Å²) in [6.45, 7) is 10.9. The van der Waals surface area contributed by atoms with Crippen LogP contribution < -0.4 is 20.1 Å². The summed E-state index contributed by atoms with van der Waals surface area (Å²) in [5.74, 6) is -1.85. The van der Waals surface area contributed by atoms with Gasteiger partial charge >= 0.3 is 6.09 Å². The second-order valence-corrected chi connectivity index (χ2v) is 22.9. The summed E-state index contributed by atoms with van der Waals surface area (Å²) < 4.78 is 42.2. The maximum atomic E-state index is 14.8. The van der Waals surface area contributed by atoms with Crippen molar-refractivity contribution >= 4 is 56.2 Å². The predicted molar refractivity (Wildman–Crippen MR) is 241 cm³/mol. The van der Waals surface area contributed by atoms with E-state index in [4.69, 9.17) is 19.4 Å². The lowest BCUT2D eigenvalue weighted by atomic mass is 9.87. The Kier molecular flexibility index (Phi) is 12.5. The van der Waals surface area contributed by atoms with Crippen LogP contribution in [0.2, 0.25) is 0 Å². The summed E-state index contributed by atoms with van der Waals surface area (Å²) in [7, 11) is -4.00. The third kappa shape index (κ3) is 9.50. The topological polar surface area (TPSA) is 191 Å². The van der Waals surface area contributed by atoms with E-state index in [1.165, 1.54) is 24.2 Å². The number of hydrogen-bond donors (Lipinski definition) is 3. The maximum Gasteiger partial charge on any atom is 0.408 e. The van der Waals surface area contributed by atoms with E-state index in [9.17, 15) is 27.6 Å². The van der Waals surface area contributed by atoms with Crippen molar-refractivity contribution in [2.24, 2.45) is 5.92 Å². The van der Waals surface area contributed by atoms with E-state index >= 15 is 0 Å². The first-order chi connectivity index (χ1) is 29.9. The molecule has 4 amide bonds. The molecular weight excluding hydrogens is 843 g/mol. The fraction of sp³-hybridized carbons (Fsp3) is 0.652. The van der Waals surface area contributed by atoms with Gasteiger partial charge in [-0.15, -0.1) is 11.3 Å². The molecule has 5 atom stereocenters. The zero-order valence-electron chi connectivity index (χ0n) is 37.4. The predicted octanol–water partition coefficient (Wildman–Crippen LogP) is 7.42. The van der Waals surface area contributed by atoms with Gasteiger partial charge in [0.05, 0.1) is 22.5 Å². The summed E-state index contributed by atoms with van der Waals surface area (Å²) in [6.07, 6.45) is 12.7. The molecule has 1 saturated heterocycles. The Morgan fingerprint density at radius 1 is 1.02 bits per heavy atom. The van der Waals surface area contributed by atoms with E-state index in [0.29, 0.717) is 44.0 Å². The molecule has 0 spiro atoms. The number of ether oxygens (including phenoxy) is 2. The Morgan fingerprint density at radius 3 is 2.46 bits per heavy atom. The summed E-state index contributed by atoms with van der Waals surface area (Å²) in [5.41, 5.74) is 1.31. The fourth-order valence-electron chi connectivity index (χ4n) is 9.39. The highest BCUT2D eigenvalue weighted by molar-refractivity contribution is 7.91. The molecular formula is C46H63N7O8S2. The number of imidazole rings is 1. The Morgan fingerprint density at radius 2 is 1.75 bits per heavy atom. The van der Waals surface area contributed by atoms with Crippen molar-refractivity contribution in [3.63, 3.8) is 0 Å². The number of allylic oxidation sites excluding steroid dienone is 1. The van der Waals surface area contributed by atoms with Crippen LogP contribution in [0.5, 0.6) is 6.01 Å². The van der Waals surface area contributed by atoms with Gasteiger partial charge in [-0.1, -0.05) is 50.3 Å². The van der Waals surface area contributed by atoms with Gasteiger partial charge in [-0.05, 0) is 105 Å². The van der Waals surface area contributed by atoms with Crippen LogP contribution in [0, 0.1) is 5.92 Å². The van der Waals surface area contributed by atoms with E-state index in [1.807, 2.05) is 48.8 Å². The molecule has 3 N–H and O–H groups in total. The van der Waals surface area contributed by atoms with Crippen LogP contribution in [0.25, 0.3) is 21.6 Å². The fourth-order valence-corrected chi connectivity index (χ4v) is 11.6. The molecule has 17 heteroatoms. The van der Waals surface area contributed by atoms with Gasteiger partial charge in [-0.3, -0.25) is 23.7 Å². The number of nitrogens with one attached hydrogen (secondary N) is 3. The van der Waals surface area contributed by atoms with E-state index in [1.54, 1.807) is 39.0 Å². The van der Waals surface area contributed by atoms with Crippen molar-refractivity contribution in [2.75, 3.05) is 6.54 Å². The lowest BCUT2D eigenvalue weighted by Gasteiger charge is -2.30. The second kappa shape index (κ2) is 17.5. The highest BCUT2D eigenvalue weighted by Crippen LogP contribution is 2.48. The maximum absolute atomic E-state index is 14.8. The molecule has 3 aromatic rings. The Hall–Kier alpha value is -4.51. The second-order valence-electron chi connectivity index (χ2n) is 19.8. The lowest BCUT2D eigenvalue weighted by molar-refractivity contribution is -0.141. The summed E-state index contributed by atoms with van der Waals surface area (Å²) >= 11 is 1.62. The van der Waals surface area contributed by atoms with Crippen LogP contribution in [0.1, 0.15) is 149 Å². The molecule has 0 bridgehead atoms. The molecule has 3 saturated carbocycles. The molecule has 63 heavy (non-hydrogen) atoms. The van der Waals surface area contributed by atoms with Gasteiger partial charge in [0.25, 0.3) is 11.9 Å². The number of fused-ring (bicyclic) bond motifs is 3. The SMILES string of the molecule is CC(C)n1c(O[C@@H]2C[C@H]3C(=O)N[C@]4(C(=O)NS(=O)(=O)C5(C)CC5)C[C@H]4/C=C\CCCCC[C@H](NC(=O)OC(C)(C)C)C(=O)N3C2)nc2c(-c3nc(C4CCCCC4)cs3)cccc21.